The summed E-state index contributed by atoms with van der Waals surface area (Å²) in [7, 11) is 0. The lowest BCUT2D eigenvalue weighted by molar-refractivity contribution is 0.966. The van der Waals surface area contributed by atoms with Crippen LogP contribution in [0.5, 0.6) is 0 Å². The molecule has 1 heterocycles. The smallest absolute Gasteiger partial charge is 0.189 e. The molecule has 2 rings (SSSR count). The summed E-state index contributed by atoms with van der Waals surface area (Å²) < 4.78 is 0. The van der Waals surface area contributed by atoms with E-state index in [1.54, 1.807) is 18.2 Å². The second-order valence-electron chi connectivity index (χ2n) is 4.07. The number of thioether (sulfide) groups is 1. The van der Waals surface area contributed by atoms with Crippen LogP contribution < -0.4 is 5.32 Å². The van der Waals surface area contributed by atoms with Gasteiger partial charge < -0.3 is 5.32 Å². The van der Waals surface area contributed by atoms with Crippen LogP contribution in [-0.4, -0.2) is 22.8 Å². The number of hydrogen-bond acceptors (Lipinski definition) is 5. The van der Waals surface area contributed by atoms with Crippen LogP contribution in [0.15, 0.2) is 42.1 Å². The van der Waals surface area contributed by atoms with Gasteiger partial charge in [0.15, 0.2) is 5.16 Å². The first-order chi connectivity index (χ1) is 10.2. The van der Waals surface area contributed by atoms with Crippen LogP contribution in [0, 0.1) is 11.3 Å². The maximum Gasteiger partial charge on any atom is 0.189 e. The van der Waals surface area contributed by atoms with Gasteiger partial charge in [-0.2, -0.15) is 5.26 Å². The maximum atomic E-state index is 9.45. The van der Waals surface area contributed by atoms with Gasteiger partial charge in [0.1, 0.15) is 17.5 Å². The Balaban J connectivity index is 2.60. The molecule has 0 aliphatic heterocycles. The molecule has 0 unspecified atom stereocenters. The standard InChI is InChI=1S/C15H13ClN4S/c1-3-8-18-14-12(9-17)13(19-15(20-14)21-2)10-4-6-11(16)7-5-10/h3-7H,1,8H2,2H3,(H,18,19,20). The van der Waals surface area contributed by atoms with Gasteiger partial charge in [-0.3, -0.25) is 0 Å². The zero-order chi connectivity index (χ0) is 15.2. The molecular formula is C15H13ClN4S. The van der Waals surface area contributed by atoms with E-state index in [-0.39, 0.29) is 0 Å². The van der Waals surface area contributed by atoms with Crippen molar-refractivity contribution < 1.29 is 0 Å². The predicted molar refractivity (Wildman–Crippen MR) is 87.7 cm³/mol. The Morgan fingerprint density at radius 2 is 2.10 bits per heavy atom. The number of hydrogen-bond donors (Lipinski definition) is 1. The average molecular weight is 317 g/mol. The van der Waals surface area contributed by atoms with Crippen molar-refractivity contribution in [3.05, 3.63) is 47.5 Å². The van der Waals surface area contributed by atoms with Crippen molar-refractivity contribution in [3.8, 4) is 17.3 Å². The van der Waals surface area contributed by atoms with Gasteiger partial charge in [0.25, 0.3) is 0 Å². The van der Waals surface area contributed by atoms with Crippen molar-refractivity contribution in [2.75, 3.05) is 18.1 Å². The molecule has 0 aliphatic carbocycles. The van der Waals surface area contributed by atoms with Gasteiger partial charge in [0.05, 0.1) is 5.69 Å². The highest BCUT2D eigenvalue weighted by atomic mass is 35.5. The lowest BCUT2D eigenvalue weighted by atomic mass is 10.1. The van der Waals surface area contributed by atoms with Crippen molar-refractivity contribution in [2.24, 2.45) is 0 Å². The summed E-state index contributed by atoms with van der Waals surface area (Å²) in [5.41, 5.74) is 1.84. The third kappa shape index (κ3) is 3.54. The highest BCUT2D eigenvalue weighted by Gasteiger charge is 2.15. The number of nitrogens with one attached hydrogen (secondary N) is 1. The van der Waals surface area contributed by atoms with Crippen molar-refractivity contribution in [3.63, 3.8) is 0 Å². The second-order valence-corrected chi connectivity index (χ2v) is 5.28. The Morgan fingerprint density at radius 3 is 2.67 bits per heavy atom. The predicted octanol–water partition coefficient (Wildman–Crippen LogP) is 3.99. The van der Waals surface area contributed by atoms with E-state index in [2.05, 4.69) is 27.9 Å². The van der Waals surface area contributed by atoms with Crippen LogP contribution in [0.2, 0.25) is 5.02 Å². The number of benzene rings is 1. The molecule has 21 heavy (non-hydrogen) atoms. The van der Waals surface area contributed by atoms with Crippen LogP contribution in [0.4, 0.5) is 5.82 Å². The van der Waals surface area contributed by atoms with E-state index in [0.717, 1.165) is 5.56 Å². The van der Waals surface area contributed by atoms with Gasteiger partial charge in [0.2, 0.25) is 0 Å². The molecule has 0 spiro atoms. The average Bonchev–Trinajstić information content (AvgIpc) is 2.52. The van der Waals surface area contributed by atoms with Crippen molar-refractivity contribution in [1.82, 2.24) is 9.97 Å². The van der Waals surface area contributed by atoms with Crippen molar-refractivity contribution in [1.29, 1.82) is 5.26 Å². The van der Waals surface area contributed by atoms with Gasteiger partial charge in [0, 0.05) is 17.1 Å². The number of rotatable bonds is 5. The highest BCUT2D eigenvalue weighted by Crippen LogP contribution is 2.29. The van der Waals surface area contributed by atoms with Gasteiger partial charge >= 0.3 is 0 Å². The SMILES string of the molecule is C=CCNc1nc(SC)nc(-c2ccc(Cl)cc2)c1C#N. The van der Waals surface area contributed by atoms with E-state index in [4.69, 9.17) is 11.6 Å². The Bertz CT molecular complexity index is 692. The zero-order valence-electron chi connectivity index (χ0n) is 11.4. The fraction of sp³-hybridized carbons (Fsp3) is 0.133. The zero-order valence-corrected chi connectivity index (χ0v) is 13.0. The normalized spacial score (nSPS) is 9.95. The molecule has 0 saturated heterocycles. The first kappa shape index (κ1) is 15.4. The fourth-order valence-electron chi connectivity index (χ4n) is 1.75. The monoisotopic (exact) mass is 316 g/mol. The molecule has 0 bridgehead atoms. The van der Waals surface area contributed by atoms with Crippen LogP contribution in [0.1, 0.15) is 5.56 Å². The molecule has 1 aromatic heterocycles. The summed E-state index contributed by atoms with van der Waals surface area (Å²) in [5.74, 6) is 0.515. The summed E-state index contributed by atoms with van der Waals surface area (Å²) in [6.45, 7) is 4.18. The molecule has 106 valence electrons. The topological polar surface area (TPSA) is 61.6 Å². The first-order valence-corrected chi connectivity index (χ1v) is 7.76. The Hall–Kier alpha value is -2.03. The van der Waals surface area contributed by atoms with Gasteiger partial charge in [-0.1, -0.05) is 41.6 Å². The summed E-state index contributed by atoms with van der Waals surface area (Å²) in [5, 5.41) is 13.8. The minimum Gasteiger partial charge on any atom is -0.365 e. The Labute approximate surface area is 132 Å². The van der Waals surface area contributed by atoms with E-state index >= 15 is 0 Å². The van der Waals surface area contributed by atoms with Gasteiger partial charge in [-0.05, 0) is 18.4 Å². The number of anilines is 1. The van der Waals surface area contributed by atoms with Crippen LogP contribution in [0.25, 0.3) is 11.3 Å². The molecule has 0 radical (unpaired) electrons. The third-order valence-electron chi connectivity index (χ3n) is 2.71. The number of aromatic nitrogens is 2. The minimum absolute atomic E-state index is 0.414. The molecule has 0 fully saturated rings. The molecule has 4 nitrogen and oxygen atoms in total. The molecule has 0 aliphatic rings. The largest absolute Gasteiger partial charge is 0.365 e. The lowest BCUT2D eigenvalue weighted by Gasteiger charge is -2.11. The van der Waals surface area contributed by atoms with E-state index < -0.39 is 0 Å². The highest BCUT2D eigenvalue weighted by molar-refractivity contribution is 7.98. The second kappa shape index (κ2) is 7.11. The number of halogens is 1. The molecule has 0 amide bonds. The Kier molecular flexibility index (Phi) is 5.20. The summed E-state index contributed by atoms with van der Waals surface area (Å²) in [6, 6.07) is 9.40. The van der Waals surface area contributed by atoms with E-state index in [0.29, 0.717) is 33.8 Å². The number of nitriles is 1. The minimum atomic E-state index is 0.414. The molecule has 6 heteroatoms. The van der Waals surface area contributed by atoms with Crippen LogP contribution in [0.3, 0.4) is 0 Å². The summed E-state index contributed by atoms with van der Waals surface area (Å²) in [4.78, 5) is 8.80. The van der Waals surface area contributed by atoms with Crippen LogP contribution in [-0.2, 0) is 0 Å². The summed E-state index contributed by atoms with van der Waals surface area (Å²) in [6.07, 6.45) is 3.61. The lowest BCUT2D eigenvalue weighted by Crippen LogP contribution is -2.06. The molecule has 2 aromatic rings. The van der Waals surface area contributed by atoms with Crippen molar-refractivity contribution in [2.45, 2.75) is 5.16 Å². The molecule has 1 aromatic carbocycles. The molecule has 0 atom stereocenters. The first-order valence-electron chi connectivity index (χ1n) is 6.16. The van der Waals surface area contributed by atoms with E-state index in [1.807, 2.05) is 18.4 Å². The molecule has 1 N–H and O–H groups in total. The fourth-order valence-corrected chi connectivity index (χ4v) is 2.24. The van der Waals surface area contributed by atoms with E-state index in [9.17, 15) is 5.26 Å². The summed E-state index contributed by atoms with van der Waals surface area (Å²) >= 11 is 7.33. The van der Waals surface area contributed by atoms with Crippen LogP contribution >= 0.6 is 23.4 Å². The van der Waals surface area contributed by atoms with Gasteiger partial charge in [-0.25, -0.2) is 9.97 Å². The quantitative estimate of drug-likeness (QED) is 0.513. The number of nitrogens with zero attached hydrogens (tertiary/aromatic N) is 3. The van der Waals surface area contributed by atoms with E-state index in [1.165, 1.54) is 11.8 Å². The Morgan fingerprint density at radius 1 is 1.38 bits per heavy atom. The molecule has 0 saturated carbocycles. The van der Waals surface area contributed by atoms with Gasteiger partial charge in [-0.15, -0.1) is 6.58 Å². The maximum absolute atomic E-state index is 9.45. The van der Waals surface area contributed by atoms with Crippen molar-refractivity contribution >= 4 is 29.2 Å². The molecular weight excluding hydrogens is 304 g/mol. The third-order valence-corrected chi connectivity index (χ3v) is 3.51.